The predicted octanol–water partition coefficient (Wildman–Crippen LogP) is 2.69. The van der Waals surface area contributed by atoms with Gasteiger partial charge in [0, 0.05) is 93.9 Å². The molecule has 3 aliphatic rings. The van der Waals surface area contributed by atoms with Gasteiger partial charge in [0.05, 0.1) is 25.9 Å². The molecule has 3 saturated heterocycles. The Bertz CT molecular complexity index is 3200. The van der Waals surface area contributed by atoms with Crippen molar-refractivity contribution < 1.29 is 142 Å². The van der Waals surface area contributed by atoms with Gasteiger partial charge in [-0.05, 0) is 32.0 Å². The number of esters is 11. The molecule has 1 aromatic heterocycles. The van der Waals surface area contributed by atoms with Crippen LogP contribution in [-0.2, 0) is 114 Å². The first-order valence-electron chi connectivity index (χ1n) is 26.5. The first-order chi connectivity index (χ1) is 40.8. The van der Waals surface area contributed by atoms with E-state index in [1.165, 1.54) is 45.2 Å². The summed E-state index contributed by atoms with van der Waals surface area (Å²) in [5.74, 6) is -12.9. The predicted molar refractivity (Wildman–Crippen MR) is 282 cm³/mol. The fraction of sp³-hybridized carbons (Fsp3) is 0.536. The van der Waals surface area contributed by atoms with Crippen molar-refractivity contribution in [3.05, 3.63) is 40.6 Å². The van der Waals surface area contributed by atoms with Crippen LogP contribution < -0.4 is 29.1 Å². The van der Waals surface area contributed by atoms with Gasteiger partial charge in [-0.3, -0.25) is 57.5 Å². The summed E-state index contributed by atoms with van der Waals surface area (Å²) in [5, 5.41) is -0.460. The molecule has 6 rings (SSSR count). The Labute approximate surface area is 494 Å². The third-order valence-corrected chi connectivity index (χ3v) is 12.5. The summed E-state index contributed by atoms with van der Waals surface area (Å²) in [5.41, 5.74) is -1.59. The van der Waals surface area contributed by atoms with Crippen molar-refractivity contribution >= 4 is 76.6 Å². The Morgan fingerprint density at radius 3 is 1.37 bits per heavy atom. The van der Waals surface area contributed by atoms with Crippen molar-refractivity contribution in [1.29, 1.82) is 0 Å². The fourth-order valence-electron chi connectivity index (χ4n) is 9.57. The van der Waals surface area contributed by atoms with Crippen molar-refractivity contribution in [2.45, 2.75) is 182 Å². The molecule has 0 N–H and O–H groups in total. The van der Waals surface area contributed by atoms with Gasteiger partial charge in [-0.1, -0.05) is 0 Å². The van der Waals surface area contributed by atoms with Crippen molar-refractivity contribution in [2.75, 3.05) is 13.7 Å². The third kappa shape index (κ3) is 17.2. The first-order valence-corrected chi connectivity index (χ1v) is 26.5. The van der Waals surface area contributed by atoms with E-state index in [4.69, 9.17) is 89.7 Å². The highest BCUT2D eigenvalue weighted by Crippen LogP contribution is 2.42. The van der Waals surface area contributed by atoms with E-state index in [1.54, 1.807) is 0 Å². The highest BCUT2D eigenvalue weighted by Gasteiger charge is 2.58. The average molecular weight is 1230 g/mol. The van der Waals surface area contributed by atoms with Gasteiger partial charge < -0.3 is 89.7 Å². The molecule has 87 heavy (non-hydrogen) atoms. The standard InChI is InChI=1S/C56H64O31/c1-21-44(77-27(7)61)49(87-55-52(82-32(12)66)48(79-29(9)63)43(22(2)72-55)76-26(6)60)51(81-31(11)65)54(71-21)70-20-40-46(78-28(8)62)50(80-30(10)64)53(83-33(13)67)56(85-40)86-47-42(68)41-38(75-25(5)59)18-35(69-14)19-39(41)84-45(47)34-15-16-36(73-23(3)57)37(17-34)74-24(4)58/h15-19,21-22,40,43-44,46,48-56H,20H2,1-14H3/t21-,22-,40+,43-,44-,46-,48+,49+,50-,51+,52+,53+,54+,55-,56-/m0/s1. The summed E-state index contributed by atoms with van der Waals surface area (Å²) < 4.78 is 111. The first kappa shape index (κ1) is 67.3. The number of carbonyl (C=O) groups excluding carboxylic acids is 11. The normalized spacial score (nSPS) is 26.7. The Morgan fingerprint density at radius 2 is 0.862 bits per heavy atom. The maximum absolute atomic E-state index is 15.2. The summed E-state index contributed by atoms with van der Waals surface area (Å²) in [6.07, 6.45) is -25.9. The number of fused-ring (bicyclic) bond motifs is 1. The molecule has 31 heteroatoms. The van der Waals surface area contributed by atoms with Crippen LogP contribution in [0.25, 0.3) is 22.3 Å². The molecule has 2 aromatic carbocycles. The number of rotatable bonds is 20. The van der Waals surface area contributed by atoms with Crippen molar-refractivity contribution in [2.24, 2.45) is 0 Å². The smallest absolute Gasteiger partial charge is 0.308 e. The van der Waals surface area contributed by atoms with Gasteiger partial charge in [-0.15, -0.1) is 0 Å². The number of hydrogen-bond acceptors (Lipinski definition) is 31. The van der Waals surface area contributed by atoms with Crippen LogP contribution in [0.5, 0.6) is 28.7 Å². The zero-order chi connectivity index (χ0) is 64.5. The number of hydrogen-bond donors (Lipinski definition) is 0. The van der Waals surface area contributed by atoms with Crippen LogP contribution >= 0.6 is 0 Å². The SMILES string of the molecule is COc1cc(OC(C)=O)c2c(=O)c(O[C@@H]3O[C@H](CO[C@@H]4O[C@@H](C)[C@H](OC(C)=O)[C@@H](O[C@@H]5O[C@@H](C)[C@H](OC(C)=O)[C@@H](OC(C)=O)[C@H]5OC(C)=O)[C@H]4OC(C)=O)[C@H](OC(C)=O)[C@H](OC(C)=O)[C@H]3OC(C)=O)c(-c3ccc(OC(C)=O)c(OC(C)=O)c3)oc2c1. The van der Waals surface area contributed by atoms with Crippen LogP contribution in [0, 0.1) is 0 Å². The maximum Gasteiger partial charge on any atom is 0.308 e. The molecule has 15 atom stereocenters. The zero-order valence-corrected chi connectivity index (χ0v) is 49.4. The molecule has 0 spiro atoms. The summed E-state index contributed by atoms with van der Waals surface area (Å²) >= 11 is 0. The van der Waals surface area contributed by atoms with Crippen LogP contribution in [0.2, 0.25) is 0 Å². The van der Waals surface area contributed by atoms with Crippen LogP contribution in [0.1, 0.15) is 90.0 Å². The van der Waals surface area contributed by atoms with Gasteiger partial charge in [0.15, 0.2) is 72.6 Å². The van der Waals surface area contributed by atoms with E-state index in [2.05, 4.69) is 0 Å². The lowest BCUT2D eigenvalue weighted by atomic mass is 9.96. The highest BCUT2D eigenvalue weighted by molar-refractivity contribution is 5.91. The van der Waals surface area contributed by atoms with E-state index in [1.807, 2.05) is 0 Å². The van der Waals surface area contributed by atoms with Crippen molar-refractivity contribution in [1.82, 2.24) is 0 Å². The molecule has 0 unspecified atom stereocenters. The molecule has 3 aliphatic heterocycles. The minimum Gasteiger partial charge on any atom is -0.496 e. The van der Waals surface area contributed by atoms with E-state index in [-0.39, 0.29) is 28.4 Å². The Balaban J connectivity index is 1.52. The lowest BCUT2D eigenvalue weighted by Gasteiger charge is -2.48. The molecule has 0 radical (unpaired) electrons. The number of benzene rings is 2. The topological polar surface area (TPSA) is 384 Å². The van der Waals surface area contributed by atoms with Gasteiger partial charge in [0.25, 0.3) is 0 Å². The van der Waals surface area contributed by atoms with Crippen molar-refractivity contribution in [3.63, 3.8) is 0 Å². The molecule has 31 nitrogen and oxygen atoms in total. The van der Waals surface area contributed by atoms with E-state index < -0.39 is 192 Å². The lowest BCUT2D eigenvalue weighted by molar-refractivity contribution is -0.360. The number of ether oxygens (including phenoxy) is 18. The molecule has 4 heterocycles. The minimum absolute atomic E-state index is 0.0129. The fourth-order valence-corrected chi connectivity index (χ4v) is 9.57. The third-order valence-electron chi connectivity index (χ3n) is 12.5. The van der Waals surface area contributed by atoms with Gasteiger partial charge >= 0.3 is 65.7 Å². The van der Waals surface area contributed by atoms with Gasteiger partial charge in [0.2, 0.25) is 23.6 Å². The summed E-state index contributed by atoms with van der Waals surface area (Å²) in [6, 6.07) is 5.96. The Kier molecular flexibility index (Phi) is 22.5. The summed E-state index contributed by atoms with van der Waals surface area (Å²) in [7, 11) is 1.26. The quantitative estimate of drug-likeness (QED) is 0.0891. The second-order valence-corrected chi connectivity index (χ2v) is 19.6. The van der Waals surface area contributed by atoms with E-state index in [0.717, 1.165) is 82.2 Å². The number of methoxy groups -OCH3 is 1. The molecule has 0 aliphatic carbocycles. The summed E-state index contributed by atoms with van der Waals surface area (Å²) in [4.78, 5) is 155. The second kappa shape index (κ2) is 29.1. The van der Waals surface area contributed by atoms with Gasteiger partial charge in [0.1, 0.15) is 34.7 Å². The lowest BCUT2D eigenvalue weighted by Crippen LogP contribution is -2.66. The van der Waals surface area contributed by atoms with Gasteiger partial charge in [-0.25, -0.2) is 0 Å². The second-order valence-electron chi connectivity index (χ2n) is 19.6. The molecule has 0 bridgehead atoms. The molecular weight excluding hydrogens is 1170 g/mol. The Morgan fingerprint density at radius 1 is 0.437 bits per heavy atom. The van der Waals surface area contributed by atoms with Crippen molar-refractivity contribution in [3.8, 4) is 40.1 Å². The van der Waals surface area contributed by atoms with Crippen LogP contribution in [-0.4, -0.2) is 171 Å². The molecule has 474 valence electrons. The number of carbonyl (C=O) groups is 11. The van der Waals surface area contributed by atoms with E-state index in [9.17, 15) is 52.7 Å². The Hall–Kier alpha value is -8.78. The van der Waals surface area contributed by atoms with Gasteiger partial charge in [-0.2, -0.15) is 0 Å². The molecule has 0 amide bonds. The molecule has 0 saturated carbocycles. The van der Waals surface area contributed by atoms with Crippen LogP contribution in [0.4, 0.5) is 0 Å². The van der Waals surface area contributed by atoms with E-state index in [0.29, 0.717) is 0 Å². The molecule has 3 aromatic rings. The molecular formula is C56H64O31. The van der Waals surface area contributed by atoms with Crippen LogP contribution in [0.3, 0.4) is 0 Å². The molecule has 3 fully saturated rings. The minimum atomic E-state index is -2.19. The summed E-state index contributed by atoms with van der Waals surface area (Å²) in [6.45, 7) is 13.0. The highest BCUT2D eigenvalue weighted by atomic mass is 16.8. The average Bonchev–Trinajstić information content (AvgIpc) is 0.845. The van der Waals surface area contributed by atoms with Crippen LogP contribution in [0.15, 0.2) is 39.5 Å². The maximum atomic E-state index is 15.2. The monoisotopic (exact) mass is 1230 g/mol. The largest absolute Gasteiger partial charge is 0.496 e. The zero-order valence-electron chi connectivity index (χ0n) is 49.4. The van der Waals surface area contributed by atoms with E-state index >= 15 is 4.79 Å².